The first kappa shape index (κ1) is 19.9. The SMILES string of the molecule is CCCCCCC(=O)NCC(=O)Cc1ccccc1CCC(=O)O. The molecule has 5 heteroatoms. The molecule has 0 saturated heterocycles. The van der Waals surface area contributed by atoms with Crippen LogP contribution in [0.5, 0.6) is 0 Å². The number of carboxylic acid groups (broad SMARTS) is 1. The Kier molecular flexibility index (Phi) is 9.42. The Balaban J connectivity index is 2.39. The molecule has 24 heavy (non-hydrogen) atoms. The van der Waals surface area contributed by atoms with Crippen LogP contribution < -0.4 is 5.32 Å². The number of nitrogens with one attached hydrogen (secondary N) is 1. The molecule has 0 radical (unpaired) electrons. The Labute approximate surface area is 143 Å². The number of carbonyl (C=O) groups is 3. The number of rotatable bonds is 12. The molecular weight excluding hydrogens is 306 g/mol. The fraction of sp³-hybridized carbons (Fsp3) is 0.526. The van der Waals surface area contributed by atoms with Gasteiger partial charge in [0.1, 0.15) is 0 Å². The highest BCUT2D eigenvalue weighted by molar-refractivity contribution is 5.87. The Morgan fingerprint density at radius 3 is 2.38 bits per heavy atom. The standard InChI is InChI=1S/C19H27NO4/c1-2-3-4-5-10-18(22)20-14-17(21)13-16-9-7-6-8-15(16)11-12-19(23)24/h6-9H,2-5,10-14H2,1H3,(H,20,22)(H,23,24). The van der Waals surface area contributed by atoms with Gasteiger partial charge in [-0.15, -0.1) is 0 Å². The van der Waals surface area contributed by atoms with Crippen molar-refractivity contribution in [3.8, 4) is 0 Å². The zero-order valence-corrected chi connectivity index (χ0v) is 14.3. The van der Waals surface area contributed by atoms with Crippen LogP contribution in [0.3, 0.4) is 0 Å². The Hall–Kier alpha value is -2.17. The van der Waals surface area contributed by atoms with Crippen molar-refractivity contribution in [2.24, 2.45) is 0 Å². The molecule has 1 rings (SSSR count). The molecule has 0 saturated carbocycles. The van der Waals surface area contributed by atoms with Crippen LogP contribution in [0.4, 0.5) is 0 Å². The molecule has 0 aliphatic rings. The number of hydrogen-bond acceptors (Lipinski definition) is 3. The van der Waals surface area contributed by atoms with Crippen molar-refractivity contribution in [1.82, 2.24) is 5.32 Å². The average molecular weight is 333 g/mol. The van der Waals surface area contributed by atoms with E-state index in [1.165, 1.54) is 0 Å². The fourth-order valence-corrected chi connectivity index (χ4v) is 2.49. The summed E-state index contributed by atoms with van der Waals surface area (Å²) >= 11 is 0. The molecule has 1 aromatic rings. The van der Waals surface area contributed by atoms with Gasteiger partial charge in [0.15, 0.2) is 5.78 Å². The highest BCUT2D eigenvalue weighted by Crippen LogP contribution is 2.12. The van der Waals surface area contributed by atoms with Crippen LogP contribution in [0.25, 0.3) is 0 Å². The minimum Gasteiger partial charge on any atom is -0.481 e. The number of benzene rings is 1. The summed E-state index contributed by atoms with van der Waals surface area (Å²) in [7, 11) is 0. The van der Waals surface area contributed by atoms with E-state index in [0.29, 0.717) is 12.8 Å². The Morgan fingerprint density at radius 1 is 1.00 bits per heavy atom. The van der Waals surface area contributed by atoms with Crippen molar-refractivity contribution in [2.45, 2.75) is 58.3 Å². The lowest BCUT2D eigenvalue weighted by Crippen LogP contribution is -2.30. The van der Waals surface area contributed by atoms with E-state index in [4.69, 9.17) is 5.11 Å². The largest absolute Gasteiger partial charge is 0.481 e. The lowest BCUT2D eigenvalue weighted by atomic mass is 9.99. The summed E-state index contributed by atoms with van der Waals surface area (Å²) in [5.41, 5.74) is 1.71. The van der Waals surface area contributed by atoms with E-state index in [1.807, 2.05) is 24.3 Å². The number of unbranched alkanes of at least 4 members (excludes halogenated alkanes) is 3. The highest BCUT2D eigenvalue weighted by Gasteiger charge is 2.10. The van der Waals surface area contributed by atoms with Crippen LogP contribution in [-0.4, -0.2) is 29.3 Å². The maximum Gasteiger partial charge on any atom is 0.303 e. The molecule has 1 amide bonds. The molecule has 0 aliphatic heterocycles. The predicted molar refractivity (Wildman–Crippen MR) is 92.9 cm³/mol. The van der Waals surface area contributed by atoms with Gasteiger partial charge in [-0.05, 0) is 24.0 Å². The smallest absolute Gasteiger partial charge is 0.303 e. The first-order valence-corrected chi connectivity index (χ1v) is 8.60. The van der Waals surface area contributed by atoms with Crippen molar-refractivity contribution in [3.63, 3.8) is 0 Å². The molecule has 2 N–H and O–H groups in total. The number of Topliss-reactive ketones (excluding diaryl/α,β-unsaturated/α-hetero) is 1. The maximum absolute atomic E-state index is 12.1. The van der Waals surface area contributed by atoms with Crippen LogP contribution in [0.15, 0.2) is 24.3 Å². The van der Waals surface area contributed by atoms with Crippen LogP contribution >= 0.6 is 0 Å². The van der Waals surface area contributed by atoms with Crippen LogP contribution in [0.1, 0.15) is 56.6 Å². The van der Waals surface area contributed by atoms with E-state index in [9.17, 15) is 14.4 Å². The van der Waals surface area contributed by atoms with Gasteiger partial charge in [0, 0.05) is 19.3 Å². The molecule has 0 bridgehead atoms. The normalized spacial score (nSPS) is 10.4. The van der Waals surface area contributed by atoms with Crippen molar-refractivity contribution in [2.75, 3.05) is 6.54 Å². The second-order valence-corrected chi connectivity index (χ2v) is 5.97. The van der Waals surface area contributed by atoms with E-state index in [1.54, 1.807) is 0 Å². The number of carbonyl (C=O) groups excluding carboxylic acids is 2. The summed E-state index contributed by atoms with van der Waals surface area (Å²) in [6.07, 6.45) is 5.26. The van der Waals surface area contributed by atoms with E-state index in [2.05, 4.69) is 12.2 Å². The van der Waals surface area contributed by atoms with E-state index in [-0.39, 0.29) is 31.1 Å². The maximum atomic E-state index is 12.1. The number of aliphatic carboxylic acids is 1. The van der Waals surface area contributed by atoms with Gasteiger partial charge in [0.2, 0.25) is 5.91 Å². The number of carboxylic acids is 1. The van der Waals surface area contributed by atoms with E-state index >= 15 is 0 Å². The van der Waals surface area contributed by atoms with Gasteiger partial charge in [-0.2, -0.15) is 0 Å². The third kappa shape index (κ3) is 8.46. The first-order valence-electron chi connectivity index (χ1n) is 8.60. The monoisotopic (exact) mass is 333 g/mol. The second-order valence-electron chi connectivity index (χ2n) is 5.97. The van der Waals surface area contributed by atoms with Gasteiger partial charge >= 0.3 is 5.97 Å². The van der Waals surface area contributed by atoms with E-state index < -0.39 is 5.97 Å². The summed E-state index contributed by atoms with van der Waals surface area (Å²) in [5.74, 6) is -1.01. The molecule has 0 spiro atoms. The van der Waals surface area contributed by atoms with Crippen molar-refractivity contribution >= 4 is 17.7 Å². The number of amides is 1. The summed E-state index contributed by atoms with van der Waals surface area (Å²) in [4.78, 5) is 34.4. The van der Waals surface area contributed by atoms with Gasteiger partial charge in [-0.1, -0.05) is 50.5 Å². The Bertz CT molecular complexity index is 554. The van der Waals surface area contributed by atoms with Crippen LogP contribution in [0, 0.1) is 0 Å². The van der Waals surface area contributed by atoms with Gasteiger partial charge < -0.3 is 10.4 Å². The van der Waals surface area contributed by atoms with Crippen molar-refractivity contribution in [3.05, 3.63) is 35.4 Å². The zero-order valence-electron chi connectivity index (χ0n) is 14.3. The Morgan fingerprint density at radius 2 is 1.71 bits per heavy atom. The summed E-state index contributed by atoms with van der Waals surface area (Å²) in [5, 5.41) is 11.4. The molecule has 0 atom stereocenters. The van der Waals surface area contributed by atoms with Gasteiger partial charge in [0.05, 0.1) is 6.54 Å². The molecule has 0 aliphatic carbocycles. The lowest BCUT2D eigenvalue weighted by Gasteiger charge is -2.09. The summed E-state index contributed by atoms with van der Waals surface area (Å²) in [6, 6.07) is 7.35. The average Bonchev–Trinajstić information content (AvgIpc) is 2.56. The molecule has 5 nitrogen and oxygen atoms in total. The quantitative estimate of drug-likeness (QED) is 0.576. The van der Waals surface area contributed by atoms with Crippen LogP contribution in [-0.2, 0) is 27.2 Å². The van der Waals surface area contributed by atoms with Crippen molar-refractivity contribution < 1.29 is 19.5 Å². The second kappa shape index (κ2) is 11.4. The lowest BCUT2D eigenvalue weighted by molar-refractivity contribution is -0.137. The topological polar surface area (TPSA) is 83.5 Å². The van der Waals surface area contributed by atoms with E-state index in [0.717, 1.165) is 36.8 Å². The zero-order chi connectivity index (χ0) is 17.8. The first-order chi connectivity index (χ1) is 11.5. The number of aryl methyl sites for hydroxylation is 1. The molecule has 0 fully saturated rings. The van der Waals surface area contributed by atoms with Gasteiger partial charge in [0.25, 0.3) is 0 Å². The summed E-state index contributed by atoms with van der Waals surface area (Å²) < 4.78 is 0. The van der Waals surface area contributed by atoms with Gasteiger partial charge in [-0.25, -0.2) is 0 Å². The highest BCUT2D eigenvalue weighted by atomic mass is 16.4. The number of hydrogen-bond donors (Lipinski definition) is 2. The minimum absolute atomic E-state index is 0.0277. The fourth-order valence-electron chi connectivity index (χ4n) is 2.49. The molecular formula is C19H27NO4. The molecule has 132 valence electrons. The minimum atomic E-state index is -0.855. The van der Waals surface area contributed by atoms with Crippen molar-refractivity contribution in [1.29, 1.82) is 0 Å². The molecule has 0 heterocycles. The molecule has 0 aromatic heterocycles. The van der Waals surface area contributed by atoms with Crippen LogP contribution in [0.2, 0.25) is 0 Å². The third-order valence-electron chi connectivity index (χ3n) is 3.85. The number of ketones is 1. The van der Waals surface area contributed by atoms with Gasteiger partial charge in [-0.3, -0.25) is 14.4 Å². The molecule has 1 aromatic carbocycles. The summed E-state index contributed by atoms with van der Waals surface area (Å²) in [6.45, 7) is 2.15. The predicted octanol–water partition coefficient (Wildman–Crippen LogP) is 2.90. The third-order valence-corrected chi connectivity index (χ3v) is 3.85. The molecule has 0 unspecified atom stereocenters.